The van der Waals surface area contributed by atoms with Gasteiger partial charge in [0.25, 0.3) is 0 Å². The quantitative estimate of drug-likeness (QED) is 0.774. The maximum absolute atomic E-state index is 13.1. The molecule has 1 rings (SSSR count). The molecule has 0 bridgehead atoms. The summed E-state index contributed by atoms with van der Waals surface area (Å²) in [5.41, 5.74) is 0. The third-order valence-corrected chi connectivity index (χ3v) is 2.72. The number of ether oxygens (including phenoxy) is 1. The van der Waals surface area contributed by atoms with Gasteiger partial charge < -0.3 is 4.74 Å². The Morgan fingerprint density at radius 1 is 1.43 bits per heavy atom. The van der Waals surface area contributed by atoms with Crippen LogP contribution in [0.4, 0.5) is 4.39 Å². The first-order valence-electron chi connectivity index (χ1n) is 4.07. The average Bonchev–Trinajstić information content (AvgIpc) is 2.07. The molecule has 5 heteroatoms. The van der Waals surface area contributed by atoms with Gasteiger partial charge in [0.05, 0.1) is 6.61 Å². The van der Waals surface area contributed by atoms with E-state index in [1.807, 2.05) is 0 Å². The van der Waals surface area contributed by atoms with Gasteiger partial charge in [-0.05, 0) is 19.1 Å². The minimum atomic E-state index is -3.53. The molecular weight excluding hydrogens is 207 g/mol. The van der Waals surface area contributed by atoms with Gasteiger partial charge in [-0.1, -0.05) is 0 Å². The predicted octanol–water partition coefficient (Wildman–Crippen LogP) is 1.63. The second kappa shape index (κ2) is 3.96. The lowest BCUT2D eigenvalue weighted by atomic mass is 10.3. The summed E-state index contributed by atoms with van der Waals surface area (Å²) in [5.74, 6) is -0.398. The molecule has 0 unspecified atom stereocenters. The molecule has 1 aromatic rings. The molecule has 78 valence electrons. The molecule has 0 radical (unpaired) electrons. The van der Waals surface area contributed by atoms with E-state index in [0.717, 1.165) is 12.3 Å². The summed E-state index contributed by atoms with van der Waals surface area (Å²) in [6.07, 6.45) is 0.959. The molecule has 0 aromatic heterocycles. The summed E-state index contributed by atoms with van der Waals surface area (Å²) in [7, 11) is -3.53. The van der Waals surface area contributed by atoms with E-state index in [2.05, 4.69) is 0 Å². The third kappa shape index (κ3) is 2.45. The zero-order chi connectivity index (χ0) is 10.8. The molecule has 0 aliphatic rings. The Labute approximate surface area is 82.4 Å². The number of sulfone groups is 1. The predicted molar refractivity (Wildman–Crippen MR) is 50.7 cm³/mol. The fraction of sp³-hybridized carbons (Fsp3) is 0.333. The van der Waals surface area contributed by atoms with Crippen LogP contribution in [0.3, 0.4) is 0 Å². The van der Waals surface area contributed by atoms with E-state index in [4.69, 9.17) is 4.74 Å². The average molecular weight is 218 g/mol. The van der Waals surface area contributed by atoms with Gasteiger partial charge in [-0.3, -0.25) is 0 Å². The van der Waals surface area contributed by atoms with Crippen LogP contribution in [0.2, 0.25) is 0 Å². The van der Waals surface area contributed by atoms with Crippen molar-refractivity contribution in [1.29, 1.82) is 0 Å². The Morgan fingerprint density at radius 2 is 2.07 bits per heavy atom. The second-order valence-electron chi connectivity index (χ2n) is 2.80. The Morgan fingerprint density at radius 3 is 2.57 bits per heavy atom. The van der Waals surface area contributed by atoms with E-state index in [1.165, 1.54) is 12.1 Å². The van der Waals surface area contributed by atoms with Crippen molar-refractivity contribution in [3.05, 3.63) is 24.0 Å². The van der Waals surface area contributed by atoms with Crippen LogP contribution in [0.15, 0.2) is 23.1 Å². The minimum absolute atomic E-state index is 0.330. The number of hydrogen-bond acceptors (Lipinski definition) is 3. The normalized spacial score (nSPS) is 11.4. The van der Waals surface area contributed by atoms with Gasteiger partial charge in [-0.15, -0.1) is 0 Å². The lowest BCUT2D eigenvalue weighted by Crippen LogP contribution is -2.02. The third-order valence-electron chi connectivity index (χ3n) is 1.61. The fourth-order valence-corrected chi connectivity index (χ4v) is 1.78. The molecule has 0 aliphatic carbocycles. The van der Waals surface area contributed by atoms with E-state index in [9.17, 15) is 12.8 Å². The molecular formula is C9H11FO3S. The van der Waals surface area contributed by atoms with E-state index >= 15 is 0 Å². The van der Waals surface area contributed by atoms with Gasteiger partial charge in [0, 0.05) is 12.3 Å². The highest BCUT2D eigenvalue weighted by atomic mass is 32.2. The summed E-state index contributed by atoms with van der Waals surface area (Å²) in [5, 5.41) is 0. The lowest BCUT2D eigenvalue weighted by molar-refractivity contribution is 0.338. The Hall–Kier alpha value is -1.10. The highest BCUT2D eigenvalue weighted by Gasteiger charge is 2.14. The van der Waals surface area contributed by atoms with Crippen LogP contribution in [0.5, 0.6) is 5.75 Å². The highest BCUT2D eigenvalue weighted by molar-refractivity contribution is 7.90. The number of hydrogen-bond donors (Lipinski definition) is 0. The van der Waals surface area contributed by atoms with Gasteiger partial charge >= 0.3 is 0 Å². The maximum atomic E-state index is 13.1. The molecule has 0 heterocycles. The minimum Gasteiger partial charge on any atom is -0.494 e. The van der Waals surface area contributed by atoms with E-state index < -0.39 is 15.7 Å². The Kier molecular flexibility index (Phi) is 3.10. The molecule has 1 aromatic carbocycles. The van der Waals surface area contributed by atoms with Crippen molar-refractivity contribution in [2.24, 2.45) is 0 Å². The first kappa shape index (κ1) is 11.0. The first-order valence-corrected chi connectivity index (χ1v) is 5.96. The van der Waals surface area contributed by atoms with Crippen LogP contribution in [-0.4, -0.2) is 21.3 Å². The molecule has 0 saturated heterocycles. The summed E-state index contributed by atoms with van der Waals surface area (Å²) >= 11 is 0. The zero-order valence-electron chi connectivity index (χ0n) is 7.95. The monoisotopic (exact) mass is 218 g/mol. The van der Waals surface area contributed by atoms with Crippen LogP contribution in [0, 0.1) is 5.82 Å². The molecule has 0 saturated carbocycles. The molecule has 0 atom stereocenters. The molecule has 0 aliphatic heterocycles. The standard InChI is InChI=1S/C9H11FO3S/c1-3-13-7-4-5-8(10)9(6-7)14(2,11)12/h4-6H,3H2,1-2H3. The van der Waals surface area contributed by atoms with Gasteiger partial charge in [0.2, 0.25) is 0 Å². The van der Waals surface area contributed by atoms with Crippen molar-refractivity contribution in [2.45, 2.75) is 11.8 Å². The lowest BCUT2D eigenvalue weighted by Gasteiger charge is -2.05. The topological polar surface area (TPSA) is 43.4 Å². The summed E-state index contributed by atoms with van der Waals surface area (Å²) < 4.78 is 40.4. The number of rotatable bonds is 3. The van der Waals surface area contributed by atoms with Crippen molar-refractivity contribution in [1.82, 2.24) is 0 Å². The van der Waals surface area contributed by atoms with Crippen molar-refractivity contribution in [3.8, 4) is 5.75 Å². The van der Waals surface area contributed by atoms with Crippen molar-refractivity contribution in [3.63, 3.8) is 0 Å². The molecule has 14 heavy (non-hydrogen) atoms. The summed E-state index contributed by atoms with van der Waals surface area (Å²) in [4.78, 5) is -0.330. The molecule has 0 spiro atoms. The van der Waals surface area contributed by atoms with Gasteiger partial charge in [0.15, 0.2) is 9.84 Å². The van der Waals surface area contributed by atoms with Crippen LogP contribution in [-0.2, 0) is 9.84 Å². The smallest absolute Gasteiger partial charge is 0.178 e. The Bertz CT molecular complexity index is 426. The van der Waals surface area contributed by atoms with Gasteiger partial charge in [-0.25, -0.2) is 12.8 Å². The van der Waals surface area contributed by atoms with E-state index in [0.29, 0.717) is 12.4 Å². The van der Waals surface area contributed by atoms with Crippen molar-refractivity contribution < 1.29 is 17.5 Å². The molecule has 0 fully saturated rings. The fourth-order valence-electron chi connectivity index (χ4n) is 1.02. The van der Waals surface area contributed by atoms with E-state index in [1.54, 1.807) is 6.92 Å². The molecule has 0 amide bonds. The maximum Gasteiger partial charge on any atom is 0.178 e. The largest absolute Gasteiger partial charge is 0.494 e. The van der Waals surface area contributed by atoms with Gasteiger partial charge in [0.1, 0.15) is 16.5 Å². The number of benzene rings is 1. The number of halogens is 1. The zero-order valence-corrected chi connectivity index (χ0v) is 8.77. The highest BCUT2D eigenvalue weighted by Crippen LogP contribution is 2.20. The van der Waals surface area contributed by atoms with Crippen molar-refractivity contribution >= 4 is 9.84 Å². The van der Waals surface area contributed by atoms with Crippen LogP contribution in [0.1, 0.15) is 6.92 Å². The first-order chi connectivity index (χ1) is 6.45. The Balaban J connectivity index is 3.22. The SMILES string of the molecule is CCOc1ccc(F)c(S(C)(=O)=O)c1. The summed E-state index contributed by atoms with van der Waals surface area (Å²) in [6.45, 7) is 2.18. The van der Waals surface area contributed by atoms with Crippen LogP contribution in [0.25, 0.3) is 0 Å². The van der Waals surface area contributed by atoms with Gasteiger partial charge in [-0.2, -0.15) is 0 Å². The molecule has 0 N–H and O–H groups in total. The van der Waals surface area contributed by atoms with Crippen molar-refractivity contribution in [2.75, 3.05) is 12.9 Å². The van der Waals surface area contributed by atoms with Crippen LogP contribution >= 0.6 is 0 Å². The second-order valence-corrected chi connectivity index (χ2v) is 4.78. The van der Waals surface area contributed by atoms with Crippen LogP contribution < -0.4 is 4.74 Å². The van der Waals surface area contributed by atoms with E-state index in [-0.39, 0.29) is 4.90 Å². The summed E-state index contributed by atoms with van der Waals surface area (Å²) in [6, 6.07) is 3.67. The molecule has 3 nitrogen and oxygen atoms in total.